The van der Waals surface area contributed by atoms with E-state index in [1.807, 2.05) is 6.92 Å². The van der Waals surface area contributed by atoms with Crippen LogP contribution in [0, 0.1) is 10.1 Å². The molecule has 0 unspecified atom stereocenters. The second kappa shape index (κ2) is 7.24. The summed E-state index contributed by atoms with van der Waals surface area (Å²) in [6.45, 7) is 1.91. The molecule has 8 heteroatoms. The van der Waals surface area contributed by atoms with Gasteiger partial charge < -0.3 is 0 Å². The van der Waals surface area contributed by atoms with E-state index in [4.69, 9.17) is 3.63 Å². The molecular weight excluding hydrogens is 314 g/mol. The van der Waals surface area contributed by atoms with E-state index in [2.05, 4.69) is 0 Å². The van der Waals surface area contributed by atoms with Crippen molar-refractivity contribution < 1.29 is 17.0 Å². The highest BCUT2D eigenvalue weighted by atomic mass is 32.3. The molecule has 0 aliphatic heterocycles. The van der Waals surface area contributed by atoms with Crippen LogP contribution in [0.25, 0.3) is 0 Å². The first-order valence-corrected chi connectivity index (χ1v) is 10.7. The van der Waals surface area contributed by atoms with Crippen molar-refractivity contribution in [2.45, 2.75) is 25.5 Å². The molecule has 1 rings (SSSR count). The zero-order chi connectivity index (χ0) is 16.1. The van der Waals surface area contributed by atoms with Gasteiger partial charge in [0.2, 0.25) is 0 Å². The van der Waals surface area contributed by atoms with Gasteiger partial charge >= 0.3 is 0 Å². The van der Waals surface area contributed by atoms with Crippen LogP contribution in [-0.4, -0.2) is 31.6 Å². The van der Waals surface area contributed by atoms with Crippen molar-refractivity contribution in [2.24, 2.45) is 0 Å². The quantitative estimate of drug-likeness (QED) is 0.538. The summed E-state index contributed by atoms with van der Waals surface area (Å²) in [5.41, 5.74) is 0.700. The predicted molar refractivity (Wildman–Crippen MR) is 86.0 cm³/mol. The van der Waals surface area contributed by atoms with E-state index < -0.39 is 25.4 Å². The van der Waals surface area contributed by atoms with Crippen molar-refractivity contribution >= 4 is 26.1 Å². The molecule has 0 atom stereocenters. The molecule has 0 N–H and O–H groups in total. The molecule has 0 saturated carbocycles. The Kier molecular flexibility index (Phi) is 6.18. The van der Waals surface area contributed by atoms with Crippen molar-refractivity contribution in [3.63, 3.8) is 0 Å². The maximum Gasteiger partial charge on any atom is 0.276 e. The molecule has 21 heavy (non-hydrogen) atoms. The molecule has 0 radical (unpaired) electrons. The van der Waals surface area contributed by atoms with Crippen LogP contribution in [0.1, 0.15) is 25.3 Å². The van der Waals surface area contributed by atoms with Crippen LogP contribution < -0.4 is 0 Å². The van der Waals surface area contributed by atoms with Crippen LogP contribution in [0.5, 0.6) is 0 Å². The van der Waals surface area contributed by atoms with E-state index in [9.17, 15) is 18.5 Å². The molecule has 0 aliphatic rings. The fraction of sp³-hybridized carbons (Fsp3) is 0.538. The number of rotatable bonds is 8. The summed E-state index contributed by atoms with van der Waals surface area (Å²) in [4.78, 5) is 10.3. The number of non-ortho nitro benzene ring substituents is 1. The van der Waals surface area contributed by atoms with Gasteiger partial charge in [0.1, 0.15) is 0 Å². The van der Waals surface area contributed by atoms with Crippen LogP contribution in [-0.2, 0) is 19.5 Å². The van der Waals surface area contributed by atoms with Crippen LogP contribution in [0.3, 0.4) is 0 Å². The second-order valence-corrected chi connectivity index (χ2v) is 10.4. The number of benzene rings is 1. The van der Waals surface area contributed by atoms with Crippen LogP contribution in [0.15, 0.2) is 24.3 Å². The highest BCUT2D eigenvalue weighted by Crippen LogP contribution is 2.46. The zero-order valence-corrected chi connectivity index (χ0v) is 14.1. The Morgan fingerprint density at radius 3 is 2.52 bits per heavy atom. The molecule has 0 saturated heterocycles. The fourth-order valence-electron chi connectivity index (χ4n) is 1.82. The highest BCUT2D eigenvalue weighted by Gasteiger charge is 2.23. The number of nitro benzene ring substituents is 1. The van der Waals surface area contributed by atoms with Crippen LogP contribution in [0.2, 0.25) is 0 Å². The minimum Gasteiger partial charge on any atom is -0.258 e. The smallest absolute Gasteiger partial charge is 0.258 e. The third kappa shape index (κ3) is 6.45. The Labute approximate surface area is 127 Å². The van der Waals surface area contributed by atoms with Gasteiger partial charge in [-0.2, -0.15) is 8.42 Å². The molecular formula is C13H21NO5S2. The molecule has 0 aromatic heterocycles. The van der Waals surface area contributed by atoms with E-state index in [1.54, 1.807) is 24.6 Å². The Hall–Kier alpha value is -1.12. The average molecular weight is 335 g/mol. The number of hydrogen-bond acceptors (Lipinski definition) is 5. The summed E-state index contributed by atoms with van der Waals surface area (Å²) < 4.78 is 29.0. The Bertz CT molecular complexity index is 598. The maximum absolute atomic E-state index is 11.9. The lowest BCUT2D eigenvalue weighted by Gasteiger charge is -2.29. The summed E-state index contributed by atoms with van der Waals surface area (Å²) in [6.07, 6.45) is 4.84. The van der Waals surface area contributed by atoms with Gasteiger partial charge in [0.25, 0.3) is 15.8 Å². The van der Waals surface area contributed by atoms with Gasteiger partial charge in [0.05, 0.1) is 10.7 Å². The molecule has 6 nitrogen and oxygen atoms in total. The molecule has 0 fully saturated rings. The van der Waals surface area contributed by atoms with Gasteiger partial charge in [-0.15, -0.1) is 10.3 Å². The van der Waals surface area contributed by atoms with Gasteiger partial charge in [-0.1, -0.05) is 25.5 Å². The molecule has 0 heterocycles. The third-order valence-electron chi connectivity index (χ3n) is 2.67. The average Bonchev–Trinajstić information content (AvgIpc) is 2.34. The number of unbranched alkanes of at least 4 members (excludes halogenated alkanes) is 1. The van der Waals surface area contributed by atoms with Crippen molar-refractivity contribution in [1.82, 2.24) is 0 Å². The van der Waals surface area contributed by atoms with Crippen molar-refractivity contribution in [2.75, 3.05) is 18.3 Å². The summed E-state index contributed by atoms with van der Waals surface area (Å²) in [6, 6.07) is 6.19. The molecule has 0 amide bonds. The Morgan fingerprint density at radius 2 is 1.95 bits per heavy atom. The van der Waals surface area contributed by atoms with E-state index in [-0.39, 0.29) is 11.4 Å². The second-order valence-electron chi connectivity index (χ2n) is 5.19. The predicted octanol–water partition coefficient (Wildman–Crippen LogP) is 3.22. The maximum atomic E-state index is 11.9. The first kappa shape index (κ1) is 17.9. The van der Waals surface area contributed by atoms with E-state index in [1.165, 1.54) is 12.1 Å². The van der Waals surface area contributed by atoms with E-state index >= 15 is 0 Å². The van der Waals surface area contributed by atoms with Crippen LogP contribution >= 0.6 is 10.3 Å². The minimum atomic E-state index is -3.54. The number of nitro groups is 1. The lowest BCUT2D eigenvalue weighted by Crippen LogP contribution is -2.15. The van der Waals surface area contributed by atoms with E-state index in [0.29, 0.717) is 17.7 Å². The fourth-order valence-corrected chi connectivity index (χ4v) is 6.16. The lowest BCUT2D eigenvalue weighted by molar-refractivity contribution is -0.384. The third-order valence-corrected chi connectivity index (χ3v) is 6.79. The minimum absolute atomic E-state index is 0.00320. The first-order chi connectivity index (χ1) is 9.65. The number of nitrogens with zero attached hydrogens (tertiary/aromatic N) is 1. The summed E-state index contributed by atoms with van der Waals surface area (Å²) in [5, 5.41) is 10.8. The Balaban J connectivity index is 2.80. The van der Waals surface area contributed by atoms with Gasteiger partial charge in [0.15, 0.2) is 0 Å². The van der Waals surface area contributed by atoms with Crippen molar-refractivity contribution in [3.8, 4) is 0 Å². The van der Waals surface area contributed by atoms with Crippen LogP contribution in [0.4, 0.5) is 5.69 Å². The normalized spacial score (nSPS) is 13.1. The zero-order valence-electron chi connectivity index (χ0n) is 12.4. The molecule has 0 aliphatic carbocycles. The Morgan fingerprint density at radius 1 is 1.29 bits per heavy atom. The van der Waals surface area contributed by atoms with Gasteiger partial charge in [-0.05, 0) is 24.5 Å². The standard InChI is InChI=1S/C13H21NO5S2/c1-4-5-9-21(17,18)19-20(2,3)11-12-7-6-8-13(10-12)14(15)16/h6-8,10H,4-5,9,11H2,1-3H3. The topological polar surface area (TPSA) is 86.5 Å². The largest absolute Gasteiger partial charge is 0.276 e. The molecule has 0 bridgehead atoms. The molecule has 1 aromatic rings. The molecule has 120 valence electrons. The molecule has 1 aromatic carbocycles. The SMILES string of the molecule is CCCCS(=O)(=O)OS(C)(C)Cc1cccc([N+](=O)[O-])c1. The van der Waals surface area contributed by atoms with E-state index in [0.717, 1.165) is 6.42 Å². The summed E-state index contributed by atoms with van der Waals surface area (Å²) in [5.74, 6) is 0.370. The molecule has 0 spiro atoms. The van der Waals surface area contributed by atoms with Crippen molar-refractivity contribution in [1.29, 1.82) is 0 Å². The van der Waals surface area contributed by atoms with Gasteiger partial charge in [-0.3, -0.25) is 10.1 Å². The lowest BCUT2D eigenvalue weighted by atomic mass is 10.2. The van der Waals surface area contributed by atoms with Gasteiger partial charge in [-0.25, -0.2) is 3.63 Å². The summed E-state index contributed by atoms with van der Waals surface area (Å²) >= 11 is 0. The summed E-state index contributed by atoms with van der Waals surface area (Å²) in [7, 11) is -5.42. The first-order valence-electron chi connectivity index (χ1n) is 6.53. The monoisotopic (exact) mass is 335 g/mol. The van der Waals surface area contributed by atoms with Crippen molar-refractivity contribution in [3.05, 3.63) is 39.9 Å². The highest BCUT2D eigenvalue weighted by molar-refractivity contribution is 8.31. The van der Waals surface area contributed by atoms with Gasteiger partial charge in [0, 0.05) is 17.9 Å². The number of hydrogen-bond donors (Lipinski definition) is 0.